The molecule has 0 fully saturated rings. The van der Waals surface area contributed by atoms with Gasteiger partial charge in [-0.25, -0.2) is 4.39 Å². The van der Waals surface area contributed by atoms with Gasteiger partial charge in [0.2, 0.25) is 0 Å². The molecule has 0 saturated carbocycles. The summed E-state index contributed by atoms with van der Waals surface area (Å²) >= 11 is 0. The third-order valence-electron chi connectivity index (χ3n) is 2.07. The van der Waals surface area contributed by atoms with E-state index in [1.54, 1.807) is 6.92 Å². The highest BCUT2D eigenvalue weighted by molar-refractivity contribution is 5.97. The van der Waals surface area contributed by atoms with Crippen LogP contribution < -0.4 is 10.1 Å². The number of halogens is 1. The van der Waals surface area contributed by atoms with Crippen LogP contribution >= 0.6 is 0 Å². The molecule has 1 amide bonds. The molecule has 0 aliphatic rings. The third-order valence-corrected chi connectivity index (χ3v) is 2.07. The summed E-state index contributed by atoms with van der Waals surface area (Å²) < 4.78 is 18.3. The van der Waals surface area contributed by atoms with Crippen LogP contribution in [-0.4, -0.2) is 30.8 Å². The van der Waals surface area contributed by atoms with Crippen molar-refractivity contribution in [1.29, 1.82) is 0 Å². The van der Waals surface area contributed by atoms with Crippen LogP contribution in [0.15, 0.2) is 18.2 Å². The van der Waals surface area contributed by atoms with E-state index in [4.69, 9.17) is 9.84 Å². The van der Waals surface area contributed by atoms with Gasteiger partial charge in [0.15, 0.2) is 0 Å². The first-order chi connectivity index (χ1) is 7.60. The van der Waals surface area contributed by atoms with Crippen molar-refractivity contribution < 1.29 is 19.0 Å². The minimum absolute atomic E-state index is 0.148. The second kappa shape index (κ2) is 5.46. The molecule has 1 aromatic rings. The van der Waals surface area contributed by atoms with Gasteiger partial charge in [0.05, 0.1) is 13.7 Å². The Balaban J connectivity index is 2.98. The SMILES string of the molecule is COc1cccc(F)c1C(=O)N[C@H](C)CO. The zero-order valence-electron chi connectivity index (χ0n) is 9.16. The number of nitrogens with one attached hydrogen (secondary N) is 1. The van der Waals surface area contributed by atoms with Crippen LogP contribution in [0.4, 0.5) is 4.39 Å². The number of rotatable bonds is 4. The smallest absolute Gasteiger partial charge is 0.258 e. The molecule has 4 nitrogen and oxygen atoms in total. The first-order valence-electron chi connectivity index (χ1n) is 4.84. The minimum Gasteiger partial charge on any atom is -0.496 e. The van der Waals surface area contributed by atoms with E-state index in [1.165, 1.54) is 25.3 Å². The summed E-state index contributed by atoms with van der Waals surface area (Å²) in [6.07, 6.45) is 0. The van der Waals surface area contributed by atoms with Crippen molar-refractivity contribution in [1.82, 2.24) is 5.32 Å². The lowest BCUT2D eigenvalue weighted by Gasteiger charge is -2.13. The van der Waals surface area contributed by atoms with E-state index in [2.05, 4.69) is 5.32 Å². The summed E-state index contributed by atoms with van der Waals surface area (Å²) in [4.78, 5) is 11.7. The molecule has 0 spiro atoms. The molecule has 0 heterocycles. The first kappa shape index (κ1) is 12.4. The van der Waals surface area contributed by atoms with E-state index in [0.29, 0.717) is 0 Å². The number of aliphatic hydroxyl groups is 1. The lowest BCUT2D eigenvalue weighted by atomic mass is 10.1. The molecule has 88 valence electrons. The Hall–Kier alpha value is -1.62. The summed E-state index contributed by atoms with van der Waals surface area (Å²) in [5.74, 6) is -1.08. The van der Waals surface area contributed by atoms with Gasteiger partial charge in [0, 0.05) is 6.04 Å². The number of aliphatic hydroxyl groups excluding tert-OH is 1. The molecule has 0 unspecified atom stereocenters. The van der Waals surface area contributed by atoms with Crippen molar-refractivity contribution in [3.8, 4) is 5.75 Å². The van der Waals surface area contributed by atoms with Gasteiger partial charge in [-0.1, -0.05) is 6.07 Å². The van der Waals surface area contributed by atoms with Crippen LogP contribution in [0.3, 0.4) is 0 Å². The van der Waals surface area contributed by atoms with Crippen LogP contribution in [0.1, 0.15) is 17.3 Å². The van der Waals surface area contributed by atoms with E-state index in [9.17, 15) is 9.18 Å². The Kier molecular flexibility index (Phi) is 4.25. The molecule has 0 saturated heterocycles. The second-order valence-electron chi connectivity index (χ2n) is 3.37. The van der Waals surface area contributed by atoms with Crippen molar-refractivity contribution in [2.75, 3.05) is 13.7 Å². The third kappa shape index (κ3) is 2.70. The number of methoxy groups -OCH3 is 1. The molecule has 1 aromatic carbocycles. The van der Waals surface area contributed by atoms with Gasteiger partial charge in [0.25, 0.3) is 5.91 Å². The topological polar surface area (TPSA) is 58.6 Å². The monoisotopic (exact) mass is 227 g/mol. The largest absolute Gasteiger partial charge is 0.496 e. The maximum atomic E-state index is 13.4. The number of hydrogen-bond acceptors (Lipinski definition) is 3. The number of carbonyl (C=O) groups is 1. The summed E-state index contributed by atoms with van der Waals surface area (Å²) in [5.41, 5.74) is -0.148. The lowest BCUT2D eigenvalue weighted by molar-refractivity contribution is 0.0915. The van der Waals surface area contributed by atoms with Crippen molar-refractivity contribution in [3.63, 3.8) is 0 Å². The van der Waals surface area contributed by atoms with Gasteiger partial charge >= 0.3 is 0 Å². The molecule has 16 heavy (non-hydrogen) atoms. The average molecular weight is 227 g/mol. The van der Waals surface area contributed by atoms with Gasteiger partial charge in [-0.3, -0.25) is 4.79 Å². The summed E-state index contributed by atoms with van der Waals surface area (Å²) in [7, 11) is 1.36. The fourth-order valence-electron chi connectivity index (χ4n) is 1.24. The van der Waals surface area contributed by atoms with Crippen molar-refractivity contribution in [3.05, 3.63) is 29.6 Å². The molecule has 0 radical (unpaired) electrons. The van der Waals surface area contributed by atoms with Crippen molar-refractivity contribution >= 4 is 5.91 Å². The number of hydrogen-bond donors (Lipinski definition) is 2. The predicted octanol–water partition coefficient (Wildman–Crippen LogP) is 0.945. The highest BCUT2D eigenvalue weighted by Gasteiger charge is 2.18. The van der Waals surface area contributed by atoms with Crippen LogP contribution in [0.2, 0.25) is 0 Å². The maximum absolute atomic E-state index is 13.4. The standard InChI is InChI=1S/C11H14FNO3/c1-7(6-14)13-11(15)10-8(12)4-3-5-9(10)16-2/h3-5,7,14H,6H2,1-2H3,(H,13,15)/t7-/m1/s1. The maximum Gasteiger partial charge on any atom is 0.258 e. The van der Waals surface area contributed by atoms with E-state index >= 15 is 0 Å². The Morgan fingerprint density at radius 1 is 1.62 bits per heavy atom. The molecule has 0 bridgehead atoms. The van der Waals surface area contributed by atoms with Crippen LogP contribution in [0.5, 0.6) is 5.75 Å². The summed E-state index contributed by atoms with van der Waals surface area (Å²) in [5, 5.41) is 11.2. The molecule has 1 atom stereocenters. The Bertz CT molecular complexity index is 381. The highest BCUT2D eigenvalue weighted by atomic mass is 19.1. The fraction of sp³-hybridized carbons (Fsp3) is 0.364. The zero-order chi connectivity index (χ0) is 12.1. The molecule has 0 aliphatic carbocycles. The zero-order valence-corrected chi connectivity index (χ0v) is 9.16. The highest BCUT2D eigenvalue weighted by Crippen LogP contribution is 2.20. The van der Waals surface area contributed by atoms with Crippen LogP contribution in [-0.2, 0) is 0 Å². The number of benzene rings is 1. The summed E-state index contributed by atoms with van der Waals surface area (Å²) in [6.45, 7) is 1.41. The quantitative estimate of drug-likeness (QED) is 0.805. The number of amides is 1. The molecule has 2 N–H and O–H groups in total. The Morgan fingerprint density at radius 2 is 2.31 bits per heavy atom. The number of carbonyl (C=O) groups excluding carboxylic acids is 1. The first-order valence-corrected chi connectivity index (χ1v) is 4.84. The van der Waals surface area contributed by atoms with Crippen molar-refractivity contribution in [2.45, 2.75) is 13.0 Å². The molecule has 5 heteroatoms. The van der Waals surface area contributed by atoms with E-state index in [-0.39, 0.29) is 17.9 Å². The van der Waals surface area contributed by atoms with Gasteiger partial charge < -0.3 is 15.2 Å². The van der Waals surface area contributed by atoms with E-state index in [1.807, 2.05) is 0 Å². The average Bonchev–Trinajstić information content (AvgIpc) is 2.28. The molecule has 0 aliphatic heterocycles. The van der Waals surface area contributed by atoms with E-state index < -0.39 is 17.8 Å². The molecule has 0 aromatic heterocycles. The van der Waals surface area contributed by atoms with Gasteiger partial charge in [-0.05, 0) is 19.1 Å². The molecule has 1 rings (SSSR count). The van der Waals surface area contributed by atoms with Gasteiger partial charge in [-0.2, -0.15) is 0 Å². The number of ether oxygens (including phenoxy) is 1. The second-order valence-corrected chi connectivity index (χ2v) is 3.37. The molecular formula is C11H14FNO3. The summed E-state index contributed by atoms with van der Waals surface area (Å²) in [6, 6.07) is 3.71. The van der Waals surface area contributed by atoms with Crippen LogP contribution in [0, 0.1) is 5.82 Å². The predicted molar refractivity (Wildman–Crippen MR) is 57.0 cm³/mol. The van der Waals surface area contributed by atoms with Gasteiger partial charge in [0.1, 0.15) is 17.1 Å². The fourth-order valence-corrected chi connectivity index (χ4v) is 1.24. The van der Waals surface area contributed by atoms with Crippen molar-refractivity contribution in [2.24, 2.45) is 0 Å². The Morgan fingerprint density at radius 3 is 2.88 bits per heavy atom. The van der Waals surface area contributed by atoms with E-state index in [0.717, 1.165) is 0 Å². The molecular weight excluding hydrogens is 213 g/mol. The normalized spacial score (nSPS) is 12.0. The van der Waals surface area contributed by atoms with Crippen LogP contribution in [0.25, 0.3) is 0 Å². The Labute approximate surface area is 93.0 Å². The lowest BCUT2D eigenvalue weighted by Crippen LogP contribution is -2.35. The van der Waals surface area contributed by atoms with Gasteiger partial charge in [-0.15, -0.1) is 0 Å². The minimum atomic E-state index is -0.651.